The SMILES string of the molecule is CCN1CC[C@]2(CN(C(=O)N(C)C)CC23CCN(C(=O)c2cccnc2)CC3)C1=O. The van der Waals surface area contributed by atoms with Crippen molar-refractivity contribution < 1.29 is 14.4 Å². The number of carbonyl (C=O) groups is 3. The fraction of sp³-hybridized carbons (Fsp3) is 0.636. The number of fused-ring (bicyclic) bond motifs is 1. The van der Waals surface area contributed by atoms with Gasteiger partial charge in [-0.15, -0.1) is 0 Å². The molecule has 0 N–H and O–H groups in total. The summed E-state index contributed by atoms with van der Waals surface area (Å²) in [5.41, 5.74) is -0.211. The van der Waals surface area contributed by atoms with Crippen molar-refractivity contribution in [2.75, 3.05) is 53.4 Å². The van der Waals surface area contributed by atoms with Gasteiger partial charge in [-0.3, -0.25) is 14.6 Å². The highest BCUT2D eigenvalue weighted by Gasteiger charge is 2.66. The van der Waals surface area contributed by atoms with Crippen LogP contribution in [0.4, 0.5) is 4.79 Å². The molecule has 8 nitrogen and oxygen atoms in total. The molecule has 1 aromatic rings. The van der Waals surface area contributed by atoms with Crippen molar-refractivity contribution in [3.8, 4) is 0 Å². The van der Waals surface area contributed by atoms with Crippen molar-refractivity contribution in [2.45, 2.75) is 26.2 Å². The van der Waals surface area contributed by atoms with E-state index in [1.165, 1.54) is 0 Å². The lowest BCUT2D eigenvalue weighted by atomic mass is 9.60. The van der Waals surface area contributed by atoms with Crippen molar-refractivity contribution in [3.05, 3.63) is 30.1 Å². The zero-order chi connectivity index (χ0) is 21.5. The van der Waals surface area contributed by atoms with Crippen molar-refractivity contribution in [2.24, 2.45) is 10.8 Å². The zero-order valence-corrected chi connectivity index (χ0v) is 18.1. The summed E-state index contributed by atoms with van der Waals surface area (Å²) in [5, 5.41) is 0. The Bertz CT molecular complexity index is 834. The lowest BCUT2D eigenvalue weighted by Gasteiger charge is -2.46. The standard InChI is InChI=1S/C22H31N5O3/c1-4-25-13-9-22(19(25)29)16-27(20(30)24(2)3)15-21(22)7-11-26(12-8-21)18(28)17-6-5-10-23-14-17/h5-6,10,14H,4,7-9,11-13,15-16H2,1-3H3/t22-/m0/s1. The first-order valence-electron chi connectivity index (χ1n) is 10.8. The number of piperidine rings is 1. The number of urea groups is 1. The molecule has 3 fully saturated rings. The third-order valence-electron chi connectivity index (χ3n) is 7.43. The Kier molecular flexibility index (Phi) is 5.20. The van der Waals surface area contributed by atoms with E-state index in [0.29, 0.717) is 38.3 Å². The number of amides is 4. The molecule has 0 saturated carbocycles. The molecule has 1 aromatic heterocycles. The Morgan fingerprint density at radius 1 is 1.10 bits per heavy atom. The van der Waals surface area contributed by atoms with Crippen LogP contribution in [0.5, 0.6) is 0 Å². The molecule has 4 heterocycles. The average Bonchev–Trinajstić information content (AvgIpc) is 3.26. The zero-order valence-electron chi connectivity index (χ0n) is 18.1. The Hall–Kier alpha value is -2.64. The van der Waals surface area contributed by atoms with Gasteiger partial charge in [0, 0.05) is 71.2 Å². The van der Waals surface area contributed by atoms with Crippen LogP contribution in [0.2, 0.25) is 0 Å². The van der Waals surface area contributed by atoms with Gasteiger partial charge in [-0.25, -0.2) is 4.79 Å². The van der Waals surface area contributed by atoms with Crippen LogP contribution in [0.25, 0.3) is 0 Å². The molecule has 3 aliphatic rings. The average molecular weight is 414 g/mol. The summed E-state index contributed by atoms with van der Waals surface area (Å²) in [6, 6.07) is 3.52. The first-order chi connectivity index (χ1) is 14.3. The predicted octanol–water partition coefficient (Wildman–Crippen LogP) is 1.54. The van der Waals surface area contributed by atoms with Gasteiger partial charge in [0.2, 0.25) is 5.91 Å². The normalized spacial score (nSPS) is 25.4. The summed E-state index contributed by atoms with van der Waals surface area (Å²) in [5.74, 6) is 0.172. The van der Waals surface area contributed by atoms with Gasteiger partial charge in [0.15, 0.2) is 0 Å². The van der Waals surface area contributed by atoms with Crippen molar-refractivity contribution in [3.63, 3.8) is 0 Å². The second-order valence-corrected chi connectivity index (χ2v) is 9.06. The van der Waals surface area contributed by atoms with E-state index in [2.05, 4.69) is 4.98 Å². The van der Waals surface area contributed by atoms with Crippen LogP contribution in [-0.2, 0) is 4.79 Å². The molecule has 8 heteroatoms. The van der Waals surface area contributed by atoms with E-state index in [1.54, 1.807) is 43.5 Å². The van der Waals surface area contributed by atoms with Crippen molar-refractivity contribution in [1.82, 2.24) is 24.6 Å². The molecule has 0 aliphatic carbocycles. The molecule has 4 amide bonds. The molecule has 30 heavy (non-hydrogen) atoms. The first-order valence-corrected chi connectivity index (χ1v) is 10.8. The highest BCUT2D eigenvalue weighted by molar-refractivity contribution is 5.94. The van der Waals surface area contributed by atoms with E-state index in [-0.39, 0.29) is 23.3 Å². The molecule has 3 aliphatic heterocycles. The minimum absolute atomic E-state index is 0.0147. The van der Waals surface area contributed by atoms with Gasteiger partial charge in [0.1, 0.15) is 0 Å². The Balaban J connectivity index is 1.58. The Labute approximate surface area is 177 Å². The van der Waals surface area contributed by atoms with Crippen LogP contribution < -0.4 is 0 Å². The van der Waals surface area contributed by atoms with Crippen LogP contribution in [0.15, 0.2) is 24.5 Å². The summed E-state index contributed by atoms with van der Waals surface area (Å²) in [6.45, 7) is 5.72. The topological polar surface area (TPSA) is 77.1 Å². The molecule has 1 atom stereocenters. The van der Waals surface area contributed by atoms with Crippen LogP contribution in [-0.4, -0.2) is 95.8 Å². The van der Waals surface area contributed by atoms with Gasteiger partial charge in [-0.05, 0) is 38.3 Å². The first kappa shape index (κ1) is 20.6. The number of rotatable bonds is 2. The minimum Gasteiger partial charge on any atom is -0.342 e. The number of hydrogen-bond donors (Lipinski definition) is 0. The summed E-state index contributed by atoms with van der Waals surface area (Å²) >= 11 is 0. The third-order valence-corrected chi connectivity index (χ3v) is 7.43. The van der Waals surface area contributed by atoms with Crippen LogP contribution >= 0.6 is 0 Å². The summed E-state index contributed by atoms with van der Waals surface area (Å²) in [4.78, 5) is 50.5. The maximum atomic E-state index is 13.5. The highest BCUT2D eigenvalue weighted by Crippen LogP contribution is 2.58. The summed E-state index contributed by atoms with van der Waals surface area (Å²) < 4.78 is 0. The fourth-order valence-electron chi connectivity index (χ4n) is 5.71. The smallest absolute Gasteiger partial charge is 0.319 e. The molecule has 3 saturated heterocycles. The number of carbonyl (C=O) groups excluding carboxylic acids is 3. The van der Waals surface area contributed by atoms with Crippen LogP contribution in [0.3, 0.4) is 0 Å². The largest absolute Gasteiger partial charge is 0.342 e. The molecule has 0 aromatic carbocycles. The van der Waals surface area contributed by atoms with Gasteiger partial charge in [-0.1, -0.05) is 0 Å². The monoisotopic (exact) mass is 413 g/mol. The highest BCUT2D eigenvalue weighted by atomic mass is 16.2. The summed E-state index contributed by atoms with van der Waals surface area (Å²) in [7, 11) is 3.51. The molecule has 4 rings (SSSR count). The van der Waals surface area contributed by atoms with Crippen LogP contribution in [0.1, 0.15) is 36.5 Å². The molecule has 0 radical (unpaired) electrons. The lowest BCUT2D eigenvalue weighted by molar-refractivity contribution is -0.141. The molecule has 162 valence electrons. The molecule has 0 unspecified atom stereocenters. The second kappa shape index (κ2) is 7.56. The van der Waals surface area contributed by atoms with Crippen molar-refractivity contribution >= 4 is 17.8 Å². The van der Waals surface area contributed by atoms with E-state index >= 15 is 0 Å². The van der Waals surface area contributed by atoms with E-state index in [1.807, 2.05) is 21.6 Å². The molecular weight excluding hydrogens is 382 g/mol. The van der Waals surface area contributed by atoms with E-state index < -0.39 is 5.41 Å². The minimum atomic E-state index is -0.530. The fourth-order valence-corrected chi connectivity index (χ4v) is 5.71. The van der Waals surface area contributed by atoms with Gasteiger partial charge >= 0.3 is 6.03 Å². The summed E-state index contributed by atoms with van der Waals surface area (Å²) in [6.07, 6.45) is 5.51. The van der Waals surface area contributed by atoms with Crippen LogP contribution in [0, 0.1) is 10.8 Å². The van der Waals surface area contributed by atoms with Gasteiger partial charge in [-0.2, -0.15) is 0 Å². The molecular formula is C22H31N5O3. The van der Waals surface area contributed by atoms with Crippen molar-refractivity contribution in [1.29, 1.82) is 0 Å². The van der Waals surface area contributed by atoms with Gasteiger partial charge in [0.05, 0.1) is 11.0 Å². The molecule has 0 bridgehead atoms. The number of hydrogen-bond acceptors (Lipinski definition) is 4. The maximum absolute atomic E-state index is 13.5. The number of pyridine rings is 1. The lowest BCUT2D eigenvalue weighted by Crippen LogP contribution is -2.53. The second-order valence-electron chi connectivity index (χ2n) is 9.06. The molecule has 2 spiro atoms. The number of nitrogens with zero attached hydrogens (tertiary/aromatic N) is 5. The predicted molar refractivity (Wildman–Crippen MR) is 112 cm³/mol. The van der Waals surface area contributed by atoms with Gasteiger partial charge < -0.3 is 19.6 Å². The van der Waals surface area contributed by atoms with Gasteiger partial charge in [0.25, 0.3) is 5.91 Å². The Morgan fingerprint density at radius 3 is 2.40 bits per heavy atom. The maximum Gasteiger partial charge on any atom is 0.319 e. The Morgan fingerprint density at radius 2 is 1.83 bits per heavy atom. The van der Waals surface area contributed by atoms with E-state index in [9.17, 15) is 14.4 Å². The van der Waals surface area contributed by atoms with E-state index in [4.69, 9.17) is 0 Å². The quantitative estimate of drug-likeness (QED) is 0.737. The number of aromatic nitrogens is 1. The third kappa shape index (κ3) is 3.04. The number of likely N-dealkylation sites (tertiary alicyclic amines) is 3. The van der Waals surface area contributed by atoms with E-state index in [0.717, 1.165) is 25.8 Å².